The van der Waals surface area contributed by atoms with Crippen LogP contribution in [-0.4, -0.2) is 4.98 Å². The fourth-order valence-corrected chi connectivity index (χ4v) is 2.29. The second-order valence-corrected chi connectivity index (χ2v) is 4.41. The molecule has 0 aromatic carbocycles. The summed E-state index contributed by atoms with van der Waals surface area (Å²) in [7, 11) is 0. The predicted octanol–water partition coefficient (Wildman–Crippen LogP) is 2.95. The van der Waals surface area contributed by atoms with Crippen LogP contribution in [0.4, 0.5) is 0 Å². The SMILES string of the molecule is CC(c1ccccn1)C(N)c1ccsc1. The molecule has 0 fully saturated rings. The zero-order valence-corrected chi connectivity index (χ0v) is 9.45. The Kier molecular flexibility index (Phi) is 3.14. The van der Waals surface area contributed by atoms with Crippen LogP contribution in [0.25, 0.3) is 0 Å². The minimum atomic E-state index is 0.0335. The highest BCUT2D eigenvalue weighted by Gasteiger charge is 2.17. The summed E-state index contributed by atoms with van der Waals surface area (Å²) in [6.45, 7) is 2.12. The Labute approximate surface area is 93.8 Å². The van der Waals surface area contributed by atoms with Crippen LogP contribution >= 0.6 is 11.3 Å². The van der Waals surface area contributed by atoms with Crippen molar-refractivity contribution in [3.8, 4) is 0 Å². The first kappa shape index (κ1) is 10.3. The minimum absolute atomic E-state index is 0.0335. The summed E-state index contributed by atoms with van der Waals surface area (Å²) in [6.07, 6.45) is 1.81. The Balaban J connectivity index is 2.18. The van der Waals surface area contributed by atoms with E-state index >= 15 is 0 Å². The van der Waals surface area contributed by atoms with Crippen molar-refractivity contribution in [1.82, 2.24) is 4.98 Å². The quantitative estimate of drug-likeness (QED) is 0.860. The molecule has 2 unspecified atom stereocenters. The molecule has 78 valence electrons. The maximum atomic E-state index is 6.18. The van der Waals surface area contributed by atoms with Gasteiger partial charge in [0.25, 0.3) is 0 Å². The molecule has 0 radical (unpaired) electrons. The van der Waals surface area contributed by atoms with Crippen LogP contribution in [0.1, 0.15) is 30.1 Å². The highest BCUT2D eigenvalue weighted by Crippen LogP contribution is 2.28. The van der Waals surface area contributed by atoms with Crippen molar-refractivity contribution < 1.29 is 0 Å². The summed E-state index contributed by atoms with van der Waals surface area (Å²) >= 11 is 1.68. The Morgan fingerprint density at radius 3 is 2.80 bits per heavy atom. The van der Waals surface area contributed by atoms with E-state index < -0.39 is 0 Å². The van der Waals surface area contributed by atoms with Gasteiger partial charge in [-0.3, -0.25) is 4.98 Å². The van der Waals surface area contributed by atoms with E-state index in [1.807, 2.05) is 24.4 Å². The molecule has 0 spiro atoms. The number of thiophene rings is 1. The maximum Gasteiger partial charge on any atom is 0.0450 e. The average Bonchev–Trinajstić information content (AvgIpc) is 2.82. The fraction of sp³-hybridized carbons (Fsp3) is 0.250. The van der Waals surface area contributed by atoms with Crippen LogP contribution in [0, 0.1) is 0 Å². The van der Waals surface area contributed by atoms with E-state index in [0.717, 1.165) is 5.69 Å². The number of rotatable bonds is 3. The fourth-order valence-electron chi connectivity index (χ4n) is 1.58. The summed E-state index contributed by atoms with van der Waals surface area (Å²) in [5.41, 5.74) is 8.43. The molecule has 0 saturated heterocycles. The first-order valence-electron chi connectivity index (χ1n) is 4.97. The molecule has 0 amide bonds. The zero-order chi connectivity index (χ0) is 10.7. The molecular weight excluding hydrogens is 204 g/mol. The van der Waals surface area contributed by atoms with Gasteiger partial charge in [0.15, 0.2) is 0 Å². The third kappa shape index (κ3) is 2.25. The summed E-state index contributed by atoms with van der Waals surface area (Å²) in [5, 5.41) is 4.16. The first-order chi connectivity index (χ1) is 7.29. The van der Waals surface area contributed by atoms with Gasteiger partial charge < -0.3 is 5.73 Å². The molecule has 3 heteroatoms. The molecule has 2 nitrogen and oxygen atoms in total. The van der Waals surface area contributed by atoms with E-state index in [0.29, 0.717) is 0 Å². The highest BCUT2D eigenvalue weighted by molar-refractivity contribution is 7.07. The van der Waals surface area contributed by atoms with Gasteiger partial charge in [0, 0.05) is 23.9 Å². The van der Waals surface area contributed by atoms with Crippen molar-refractivity contribution in [3.63, 3.8) is 0 Å². The molecule has 2 atom stereocenters. The van der Waals surface area contributed by atoms with E-state index in [9.17, 15) is 0 Å². The molecule has 0 saturated carbocycles. The lowest BCUT2D eigenvalue weighted by Gasteiger charge is -2.18. The van der Waals surface area contributed by atoms with Crippen LogP contribution in [-0.2, 0) is 0 Å². The lowest BCUT2D eigenvalue weighted by atomic mass is 9.94. The molecule has 2 heterocycles. The molecule has 2 rings (SSSR count). The summed E-state index contributed by atoms with van der Waals surface area (Å²) in [6, 6.07) is 8.06. The third-order valence-electron chi connectivity index (χ3n) is 2.62. The second-order valence-electron chi connectivity index (χ2n) is 3.63. The lowest BCUT2D eigenvalue weighted by molar-refractivity contribution is 0.585. The van der Waals surface area contributed by atoms with Gasteiger partial charge in [0.2, 0.25) is 0 Å². The Morgan fingerprint density at radius 2 is 2.20 bits per heavy atom. The van der Waals surface area contributed by atoms with Gasteiger partial charge in [0.1, 0.15) is 0 Å². The number of hydrogen-bond acceptors (Lipinski definition) is 3. The van der Waals surface area contributed by atoms with Gasteiger partial charge in [-0.2, -0.15) is 11.3 Å². The Hall–Kier alpha value is -1.19. The third-order valence-corrected chi connectivity index (χ3v) is 3.32. The summed E-state index contributed by atoms with van der Waals surface area (Å²) < 4.78 is 0. The molecule has 2 aromatic rings. The van der Waals surface area contributed by atoms with Crippen molar-refractivity contribution in [1.29, 1.82) is 0 Å². The highest BCUT2D eigenvalue weighted by atomic mass is 32.1. The molecular formula is C12H14N2S. The summed E-state index contributed by atoms with van der Waals surface area (Å²) in [4.78, 5) is 4.33. The van der Waals surface area contributed by atoms with Gasteiger partial charge in [0.05, 0.1) is 0 Å². The van der Waals surface area contributed by atoms with Crippen LogP contribution < -0.4 is 5.73 Å². The van der Waals surface area contributed by atoms with Crippen LogP contribution in [0.3, 0.4) is 0 Å². The Morgan fingerprint density at radius 1 is 1.33 bits per heavy atom. The van der Waals surface area contributed by atoms with Crippen LogP contribution in [0.2, 0.25) is 0 Å². The van der Waals surface area contributed by atoms with Gasteiger partial charge in [-0.05, 0) is 34.5 Å². The number of nitrogens with two attached hydrogens (primary N) is 1. The molecule has 0 bridgehead atoms. The first-order valence-corrected chi connectivity index (χ1v) is 5.92. The van der Waals surface area contributed by atoms with Gasteiger partial charge in [-0.15, -0.1) is 0 Å². The van der Waals surface area contributed by atoms with Crippen molar-refractivity contribution in [3.05, 3.63) is 52.5 Å². The topological polar surface area (TPSA) is 38.9 Å². The van der Waals surface area contributed by atoms with Gasteiger partial charge in [-0.25, -0.2) is 0 Å². The normalized spacial score (nSPS) is 14.8. The van der Waals surface area contributed by atoms with E-state index in [4.69, 9.17) is 5.73 Å². The predicted molar refractivity (Wildman–Crippen MR) is 63.9 cm³/mol. The van der Waals surface area contributed by atoms with Gasteiger partial charge in [-0.1, -0.05) is 13.0 Å². The second kappa shape index (κ2) is 4.55. The van der Waals surface area contributed by atoms with Crippen molar-refractivity contribution in [2.75, 3.05) is 0 Å². The van der Waals surface area contributed by atoms with E-state index in [1.54, 1.807) is 11.3 Å². The maximum absolute atomic E-state index is 6.18. The molecule has 15 heavy (non-hydrogen) atoms. The lowest BCUT2D eigenvalue weighted by Crippen LogP contribution is -2.17. The number of nitrogens with zero attached hydrogens (tertiary/aromatic N) is 1. The molecule has 0 aliphatic heterocycles. The standard InChI is InChI=1S/C12H14N2S/c1-9(11-4-2-3-6-14-11)12(13)10-5-7-15-8-10/h2-9,12H,13H2,1H3. The van der Waals surface area contributed by atoms with E-state index in [1.165, 1.54) is 5.56 Å². The zero-order valence-electron chi connectivity index (χ0n) is 8.63. The number of aromatic nitrogens is 1. The number of pyridine rings is 1. The smallest absolute Gasteiger partial charge is 0.0450 e. The van der Waals surface area contributed by atoms with Crippen molar-refractivity contribution in [2.45, 2.75) is 18.9 Å². The Bertz CT molecular complexity index is 397. The molecule has 2 N–H and O–H groups in total. The van der Waals surface area contributed by atoms with Crippen LogP contribution in [0.15, 0.2) is 41.2 Å². The van der Waals surface area contributed by atoms with Crippen molar-refractivity contribution in [2.24, 2.45) is 5.73 Å². The molecule has 0 aliphatic rings. The van der Waals surface area contributed by atoms with Gasteiger partial charge >= 0.3 is 0 Å². The van der Waals surface area contributed by atoms with E-state index in [2.05, 4.69) is 28.7 Å². The van der Waals surface area contributed by atoms with E-state index in [-0.39, 0.29) is 12.0 Å². The largest absolute Gasteiger partial charge is 0.323 e. The van der Waals surface area contributed by atoms with Crippen LogP contribution in [0.5, 0.6) is 0 Å². The minimum Gasteiger partial charge on any atom is -0.323 e. The summed E-state index contributed by atoms with van der Waals surface area (Å²) in [5.74, 6) is 0.251. The monoisotopic (exact) mass is 218 g/mol. The average molecular weight is 218 g/mol. The number of hydrogen-bond donors (Lipinski definition) is 1. The van der Waals surface area contributed by atoms with Crippen molar-refractivity contribution >= 4 is 11.3 Å². The molecule has 0 aliphatic carbocycles. The molecule has 2 aromatic heterocycles.